The van der Waals surface area contributed by atoms with Gasteiger partial charge in [0.15, 0.2) is 0 Å². The summed E-state index contributed by atoms with van der Waals surface area (Å²) >= 11 is 0. The summed E-state index contributed by atoms with van der Waals surface area (Å²) in [7, 11) is 0. The summed E-state index contributed by atoms with van der Waals surface area (Å²) in [4.78, 5) is 16.1. The quantitative estimate of drug-likeness (QED) is 0.727. The van der Waals surface area contributed by atoms with Crippen molar-refractivity contribution in [3.05, 3.63) is 42.5 Å². The first kappa shape index (κ1) is 17.0. The Morgan fingerprint density at radius 2 is 2.13 bits per heavy atom. The van der Waals surface area contributed by atoms with E-state index in [4.69, 9.17) is 0 Å². The number of aliphatic hydroxyl groups excluding tert-OH is 1. The summed E-state index contributed by atoms with van der Waals surface area (Å²) in [6.45, 7) is 4.55. The van der Waals surface area contributed by atoms with Gasteiger partial charge in [0.25, 0.3) is 0 Å². The van der Waals surface area contributed by atoms with Crippen molar-refractivity contribution in [3.8, 4) is 0 Å². The fraction of sp³-hybridized carbons (Fsp3) is 0.438. The number of aromatic nitrogens is 3. The normalized spacial score (nSPS) is 12.2. The molecule has 0 saturated carbocycles. The Hall–Kier alpha value is -2.41. The summed E-state index contributed by atoms with van der Waals surface area (Å²) < 4.78 is 1.69. The van der Waals surface area contributed by atoms with E-state index in [0.29, 0.717) is 18.2 Å². The lowest BCUT2D eigenvalue weighted by atomic mass is 10.0. The van der Waals surface area contributed by atoms with Crippen LogP contribution in [0.3, 0.4) is 0 Å². The maximum Gasteiger partial charge on any atom is 0.319 e. The summed E-state index contributed by atoms with van der Waals surface area (Å²) in [6, 6.07) is 6.95. The molecule has 1 aromatic heterocycles. The topological polar surface area (TPSA) is 92.1 Å². The van der Waals surface area contributed by atoms with Crippen molar-refractivity contribution < 1.29 is 9.90 Å². The lowest BCUT2D eigenvalue weighted by Crippen LogP contribution is -2.41. The first-order valence-corrected chi connectivity index (χ1v) is 7.67. The number of urea groups is 1. The number of benzene rings is 1. The van der Waals surface area contributed by atoms with Gasteiger partial charge in [-0.3, -0.25) is 0 Å². The van der Waals surface area contributed by atoms with Crippen molar-refractivity contribution in [1.29, 1.82) is 0 Å². The zero-order valence-corrected chi connectivity index (χ0v) is 13.4. The molecule has 7 heteroatoms. The summed E-state index contributed by atoms with van der Waals surface area (Å²) in [5.74, 6) is 0.395. The van der Waals surface area contributed by atoms with Gasteiger partial charge in [-0.05, 0) is 24.0 Å². The number of para-hydroxylation sites is 1. The molecule has 7 nitrogen and oxygen atoms in total. The van der Waals surface area contributed by atoms with Gasteiger partial charge in [-0.15, -0.1) is 0 Å². The van der Waals surface area contributed by atoms with E-state index in [0.717, 1.165) is 12.0 Å². The molecule has 0 bridgehead atoms. The third kappa shape index (κ3) is 5.37. The third-order valence-corrected chi connectivity index (χ3v) is 3.38. The van der Waals surface area contributed by atoms with Crippen molar-refractivity contribution in [1.82, 2.24) is 20.1 Å². The molecule has 124 valence electrons. The van der Waals surface area contributed by atoms with Gasteiger partial charge in [0, 0.05) is 5.69 Å². The lowest BCUT2D eigenvalue weighted by Gasteiger charge is -2.19. The number of hydrogen-bond acceptors (Lipinski definition) is 4. The molecule has 0 aliphatic heterocycles. The van der Waals surface area contributed by atoms with Crippen LogP contribution in [0, 0.1) is 5.92 Å². The van der Waals surface area contributed by atoms with E-state index in [9.17, 15) is 9.90 Å². The van der Waals surface area contributed by atoms with Crippen LogP contribution in [0.15, 0.2) is 36.9 Å². The van der Waals surface area contributed by atoms with Gasteiger partial charge in [-0.2, -0.15) is 5.10 Å². The number of rotatable bonds is 7. The van der Waals surface area contributed by atoms with E-state index < -0.39 is 0 Å². The van der Waals surface area contributed by atoms with Crippen LogP contribution in [0.5, 0.6) is 0 Å². The van der Waals surface area contributed by atoms with Gasteiger partial charge in [-0.25, -0.2) is 14.5 Å². The Morgan fingerprint density at radius 1 is 1.35 bits per heavy atom. The Balaban J connectivity index is 2.00. The second-order valence-electron chi connectivity index (χ2n) is 5.86. The second-order valence-corrected chi connectivity index (χ2v) is 5.86. The number of anilines is 1. The average molecular weight is 317 g/mol. The Labute approximate surface area is 135 Å². The van der Waals surface area contributed by atoms with E-state index in [1.54, 1.807) is 11.0 Å². The van der Waals surface area contributed by atoms with Crippen LogP contribution in [0.1, 0.15) is 25.8 Å². The highest BCUT2D eigenvalue weighted by molar-refractivity contribution is 5.90. The largest absolute Gasteiger partial charge is 0.394 e. The molecule has 2 amide bonds. The Bertz CT molecular complexity index is 613. The first-order chi connectivity index (χ1) is 11.1. The molecule has 1 atom stereocenters. The highest BCUT2D eigenvalue weighted by atomic mass is 16.3. The van der Waals surface area contributed by atoms with Gasteiger partial charge in [0.05, 0.1) is 19.2 Å². The molecule has 2 aromatic rings. The average Bonchev–Trinajstić information content (AvgIpc) is 3.01. The van der Waals surface area contributed by atoms with Gasteiger partial charge >= 0.3 is 6.03 Å². The van der Waals surface area contributed by atoms with E-state index >= 15 is 0 Å². The fourth-order valence-corrected chi connectivity index (χ4v) is 2.36. The molecule has 3 N–H and O–H groups in total. The van der Waals surface area contributed by atoms with Crippen LogP contribution in [0.2, 0.25) is 0 Å². The molecule has 1 aromatic carbocycles. The van der Waals surface area contributed by atoms with E-state index in [-0.39, 0.29) is 18.7 Å². The molecular formula is C16H23N5O2. The van der Waals surface area contributed by atoms with Crippen molar-refractivity contribution in [2.45, 2.75) is 32.9 Å². The standard InChI is InChI=1S/C16H23N5O2/c1-12(2)7-14(9-22)19-16(23)20-15-6-4-3-5-13(15)8-21-11-17-10-18-21/h3-6,10-12,14,22H,7-9H2,1-2H3,(H2,19,20,23). The summed E-state index contributed by atoms with van der Waals surface area (Å²) in [5.41, 5.74) is 1.64. The summed E-state index contributed by atoms with van der Waals surface area (Å²) in [6.07, 6.45) is 3.83. The highest BCUT2D eigenvalue weighted by Gasteiger charge is 2.14. The van der Waals surface area contributed by atoms with E-state index in [2.05, 4.69) is 34.6 Å². The molecule has 0 spiro atoms. The smallest absolute Gasteiger partial charge is 0.319 e. The van der Waals surface area contributed by atoms with Crippen molar-refractivity contribution in [3.63, 3.8) is 0 Å². The maximum absolute atomic E-state index is 12.1. The van der Waals surface area contributed by atoms with Crippen LogP contribution in [-0.4, -0.2) is 38.6 Å². The van der Waals surface area contributed by atoms with Crippen LogP contribution in [0.4, 0.5) is 10.5 Å². The Morgan fingerprint density at radius 3 is 2.78 bits per heavy atom. The highest BCUT2D eigenvalue weighted by Crippen LogP contribution is 2.16. The maximum atomic E-state index is 12.1. The number of nitrogens with zero attached hydrogens (tertiary/aromatic N) is 3. The summed E-state index contributed by atoms with van der Waals surface area (Å²) in [5, 5.41) is 19.1. The van der Waals surface area contributed by atoms with Gasteiger partial charge in [0.1, 0.15) is 12.7 Å². The molecule has 0 aliphatic carbocycles. The number of carbonyl (C=O) groups excluding carboxylic acids is 1. The number of amides is 2. The van der Waals surface area contributed by atoms with Crippen LogP contribution >= 0.6 is 0 Å². The number of hydrogen-bond donors (Lipinski definition) is 3. The zero-order valence-electron chi connectivity index (χ0n) is 13.4. The van der Waals surface area contributed by atoms with Crippen LogP contribution in [0.25, 0.3) is 0 Å². The molecule has 1 heterocycles. The van der Waals surface area contributed by atoms with Crippen molar-refractivity contribution in [2.75, 3.05) is 11.9 Å². The second kappa shape index (κ2) is 8.28. The zero-order chi connectivity index (χ0) is 16.7. The number of nitrogens with one attached hydrogen (secondary N) is 2. The van der Waals surface area contributed by atoms with Gasteiger partial charge in [-0.1, -0.05) is 32.0 Å². The predicted octanol–water partition coefficient (Wildman–Crippen LogP) is 1.85. The minimum atomic E-state index is -0.323. The number of carbonyl (C=O) groups is 1. The molecule has 23 heavy (non-hydrogen) atoms. The van der Waals surface area contributed by atoms with Crippen LogP contribution in [-0.2, 0) is 6.54 Å². The van der Waals surface area contributed by atoms with Gasteiger partial charge < -0.3 is 15.7 Å². The van der Waals surface area contributed by atoms with E-state index in [1.807, 2.05) is 24.3 Å². The third-order valence-electron chi connectivity index (χ3n) is 3.38. The van der Waals surface area contributed by atoms with Gasteiger partial charge in [0.2, 0.25) is 0 Å². The molecule has 0 saturated heterocycles. The molecule has 1 unspecified atom stereocenters. The SMILES string of the molecule is CC(C)CC(CO)NC(=O)Nc1ccccc1Cn1cncn1. The Kier molecular flexibility index (Phi) is 6.10. The molecular weight excluding hydrogens is 294 g/mol. The lowest BCUT2D eigenvalue weighted by molar-refractivity contribution is 0.214. The minimum Gasteiger partial charge on any atom is -0.394 e. The van der Waals surface area contributed by atoms with Crippen molar-refractivity contribution >= 4 is 11.7 Å². The molecule has 0 fully saturated rings. The number of aliphatic hydroxyl groups is 1. The fourth-order valence-electron chi connectivity index (χ4n) is 2.36. The monoisotopic (exact) mass is 317 g/mol. The molecule has 2 rings (SSSR count). The predicted molar refractivity (Wildman–Crippen MR) is 88.0 cm³/mol. The molecule has 0 radical (unpaired) electrons. The molecule has 0 aliphatic rings. The van der Waals surface area contributed by atoms with E-state index in [1.165, 1.54) is 6.33 Å². The van der Waals surface area contributed by atoms with Crippen LogP contribution < -0.4 is 10.6 Å². The minimum absolute atomic E-state index is 0.0772. The van der Waals surface area contributed by atoms with Crippen molar-refractivity contribution in [2.24, 2.45) is 5.92 Å². The first-order valence-electron chi connectivity index (χ1n) is 7.67.